The molecule has 0 atom stereocenters. The number of ether oxygens (including phenoxy) is 1. The van der Waals surface area contributed by atoms with Crippen LogP contribution < -0.4 is 4.74 Å². The molecule has 1 aromatic rings. The maximum absolute atomic E-state index is 11.6. The van der Waals surface area contributed by atoms with E-state index < -0.39 is 9.84 Å². The van der Waals surface area contributed by atoms with Gasteiger partial charge in [0.25, 0.3) is 0 Å². The minimum absolute atomic E-state index is 0.415. The molecule has 0 aliphatic rings. The van der Waals surface area contributed by atoms with Gasteiger partial charge in [-0.2, -0.15) is 0 Å². The molecular weight excluding hydrogens is 248 g/mol. The predicted octanol–water partition coefficient (Wildman–Crippen LogP) is 3.13. The highest BCUT2D eigenvalue weighted by atomic mass is 32.2. The third-order valence-corrected chi connectivity index (χ3v) is 4.15. The second-order valence-corrected chi connectivity index (χ2v) is 7.14. The molecule has 4 heteroatoms. The van der Waals surface area contributed by atoms with Crippen LogP contribution in [0.5, 0.6) is 5.75 Å². The lowest BCUT2D eigenvalue weighted by molar-refractivity contribution is 0.289. The van der Waals surface area contributed by atoms with Crippen LogP contribution in [0.1, 0.15) is 31.4 Å². The molecule has 0 aromatic heterocycles. The summed E-state index contributed by atoms with van der Waals surface area (Å²) in [6.07, 6.45) is 2.23. The van der Waals surface area contributed by atoms with Crippen molar-refractivity contribution >= 4 is 9.84 Å². The molecule has 0 heterocycles. The standard InChI is InChI=1S/C14H22O3S/c1-10(2)6-7-17-13-8-11(3)14(12(4)9-13)18(5,15)16/h8-10H,6-7H2,1-5H3. The summed E-state index contributed by atoms with van der Waals surface area (Å²) in [5.41, 5.74) is 1.49. The maximum atomic E-state index is 11.6. The molecule has 0 saturated carbocycles. The first-order chi connectivity index (χ1) is 8.21. The molecule has 0 radical (unpaired) electrons. The highest BCUT2D eigenvalue weighted by Gasteiger charge is 2.15. The first-order valence-electron chi connectivity index (χ1n) is 6.16. The number of hydrogen-bond donors (Lipinski definition) is 0. The van der Waals surface area contributed by atoms with Gasteiger partial charge in [0.15, 0.2) is 9.84 Å². The van der Waals surface area contributed by atoms with E-state index in [1.54, 1.807) is 26.0 Å². The minimum atomic E-state index is -3.17. The largest absolute Gasteiger partial charge is 0.494 e. The van der Waals surface area contributed by atoms with E-state index in [1.807, 2.05) is 0 Å². The van der Waals surface area contributed by atoms with E-state index in [0.717, 1.165) is 23.3 Å². The maximum Gasteiger partial charge on any atom is 0.176 e. The van der Waals surface area contributed by atoms with Gasteiger partial charge in [0.1, 0.15) is 5.75 Å². The molecule has 0 fully saturated rings. The van der Waals surface area contributed by atoms with Crippen molar-refractivity contribution in [1.29, 1.82) is 0 Å². The van der Waals surface area contributed by atoms with Gasteiger partial charge in [-0.3, -0.25) is 0 Å². The quantitative estimate of drug-likeness (QED) is 0.825. The summed E-state index contributed by atoms with van der Waals surface area (Å²) in [7, 11) is -3.17. The van der Waals surface area contributed by atoms with E-state index in [2.05, 4.69) is 13.8 Å². The third kappa shape index (κ3) is 4.02. The van der Waals surface area contributed by atoms with Crippen LogP contribution >= 0.6 is 0 Å². The van der Waals surface area contributed by atoms with Crippen molar-refractivity contribution in [3.8, 4) is 5.75 Å². The van der Waals surface area contributed by atoms with Gasteiger partial charge in [-0.25, -0.2) is 8.42 Å². The molecule has 0 saturated heterocycles. The molecule has 0 amide bonds. The summed E-state index contributed by atoms with van der Waals surface area (Å²) in [6, 6.07) is 3.59. The Balaban J connectivity index is 2.94. The molecule has 102 valence electrons. The van der Waals surface area contributed by atoms with E-state index in [1.165, 1.54) is 6.26 Å². The Labute approximate surface area is 110 Å². The van der Waals surface area contributed by atoms with Crippen molar-refractivity contribution in [2.45, 2.75) is 39.0 Å². The Morgan fingerprint density at radius 2 is 1.67 bits per heavy atom. The van der Waals surface area contributed by atoms with E-state index >= 15 is 0 Å². The lowest BCUT2D eigenvalue weighted by atomic mass is 10.1. The molecule has 0 unspecified atom stereocenters. The van der Waals surface area contributed by atoms with Gasteiger partial charge < -0.3 is 4.74 Å². The van der Waals surface area contributed by atoms with Crippen LogP contribution in [0.3, 0.4) is 0 Å². The SMILES string of the molecule is Cc1cc(OCCC(C)C)cc(C)c1S(C)(=O)=O. The average molecular weight is 270 g/mol. The number of hydrogen-bond acceptors (Lipinski definition) is 3. The normalized spacial score (nSPS) is 11.9. The first kappa shape index (κ1) is 15.0. The molecule has 1 rings (SSSR count). The molecule has 0 N–H and O–H groups in total. The van der Waals surface area contributed by atoms with Crippen molar-refractivity contribution in [1.82, 2.24) is 0 Å². The molecule has 0 bridgehead atoms. The van der Waals surface area contributed by atoms with Crippen molar-refractivity contribution in [2.75, 3.05) is 12.9 Å². The van der Waals surface area contributed by atoms with E-state index in [-0.39, 0.29) is 0 Å². The van der Waals surface area contributed by atoms with Crippen LogP contribution in [0.4, 0.5) is 0 Å². The van der Waals surface area contributed by atoms with Gasteiger partial charge in [-0.1, -0.05) is 13.8 Å². The fourth-order valence-corrected chi connectivity index (χ4v) is 3.28. The summed E-state index contributed by atoms with van der Waals surface area (Å²) in [5, 5.41) is 0. The molecule has 18 heavy (non-hydrogen) atoms. The first-order valence-corrected chi connectivity index (χ1v) is 8.05. The monoisotopic (exact) mass is 270 g/mol. The molecular formula is C14H22O3S. The number of benzene rings is 1. The van der Waals surface area contributed by atoms with E-state index in [9.17, 15) is 8.42 Å². The molecule has 1 aromatic carbocycles. The van der Waals surface area contributed by atoms with Gasteiger partial charge in [0, 0.05) is 6.26 Å². The summed E-state index contributed by atoms with van der Waals surface area (Å²) >= 11 is 0. The van der Waals surface area contributed by atoms with Crippen LogP contribution in [0.2, 0.25) is 0 Å². The van der Waals surface area contributed by atoms with Crippen LogP contribution in [-0.2, 0) is 9.84 Å². The van der Waals surface area contributed by atoms with Crippen molar-refractivity contribution in [3.05, 3.63) is 23.3 Å². The minimum Gasteiger partial charge on any atom is -0.494 e. The smallest absolute Gasteiger partial charge is 0.176 e. The Hall–Kier alpha value is -1.03. The van der Waals surface area contributed by atoms with Gasteiger partial charge in [-0.15, -0.1) is 0 Å². The number of rotatable bonds is 5. The third-order valence-electron chi connectivity index (χ3n) is 2.77. The fraction of sp³-hybridized carbons (Fsp3) is 0.571. The van der Waals surface area contributed by atoms with Gasteiger partial charge >= 0.3 is 0 Å². The van der Waals surface area contributed by atoms with Gasteiger partial charge in [0.05, 0.1) is 11.5 Å². The molecule has 3 nitrogen and oxygen atoms in total. The topological polar surface area (TPSA) is 43.4 Å². The Morgan fingerprint density at radius 1 is 1.17 bits per heavy atom. The Bertz CT molecular complexity index is 493. The summed E-state index contributed by atoms with van der Waals surface area (Å²) in [6.45, 7) is 8.56. The zero-order valence-electron chi connectivity index (χ0n) is 11.8. The summed E-state index contributed by atoms with van der Waals surface area (Å²) in [4.78, 5) is 0.415. The van der Waals surface area contributed by atoms with Crippen molar-refractivity contribution in [2.24, 2.45) is 5.92 Å². The lowest BCUT2D eigenvalue weighted by Crippen LogP contribution is -2.05. The molecule has 0 spiro atoms. The lowest BCUT2D eigenvalue weighted by Gasteiger charge is -2.13. The summed E-state index contributed by atoms with van der Waals surface area (Å²) < 4.78 is 28.9. The Morgan fingerprint density at radius 3 is 2.06 bits per heavy atom. The van der Waals surface area contributed by atoms with Crippen LogP contribution in [0, 0.1) is 19.8 Å². The second-order valence-electron chi connectivity index (χ2n) is 5.19. The van der Waals surface area contributed by atoms with Gasteiger partial charge in [-0.05, 0) is 49.4 Å². The van der Waals surface area contributed by atoms with Crippen LogP contribution in [0.25, 0.3) is 0 Å². The average Bonchev–Trinajstić information content (AvgIpc) is 2.12. The number of sulfone groups is 1. The highest BCUT2D eigenvalue weighted by Crippen LogP contribution is 2.25. The van der Waals surface area contributed by atoms with Crippen LogP contribution in [-0.4, -0.2) is 21.3 Å². The fourth-order valence-electron chi connectivity index (χ4n) is 1.99. The zero-order valence-corrected chi connectivity index (χ0v) is 12.6. The van der Waals surface area contributed by atoms with Gasteiger partial charge in [0.2, 0.25) is 0 Å². The van der Waals surface area contributed by atoms with Crippen molar-refractivity contribution in [3.63, 3.8) is 0 Å². The van der Waals surface area contributed by atoms with Crippen molar-refractivity contribution < 1.29 is 13.2 Å². The Kier molecular flexibility index (Phi) is 4.79. The number of aryl methyl sites for hydroxylation is 2. The molecule has 0 aliphatic carbocycles. The highest BCUT2D eigenvalue weighted by molar-refractivity contribution is 7.90. The van der Waals surface area contributed by atoms with E-state index in [0.29, 0.717) is 17.4 Å². The summed E-state index contributed by atoms with van der Waals surface area (Å²) in [5.74, 6) is 1.35. The van der Waals surface area contributed by atoms with Crippen LogP contribution in [0.15, 0.2) is 17.0 Å². The predicted molar refractivity (Wildman–Crippen MR) is 74.0 cm³/mol. The van der Waals surface area contributed by atoms with E-state index in [4.69, 9.17) is 4.74 Å². The molecule has 0 aliphatic heterocycles. The second kappa shape index (κ2) is 5.74. The zero-order chi connectivity index (χ0) is 13.9.